The van der Waals surface area contributed by atoms with E-state index in [4.69, 9.17) is 10.00 Å². The average molecular weight is 214 g/mol. The molecule has 0 unspecified atom stereocenters. The predicted molar refractivity (Wildman–Crippen MR) is 63.3 cm³/mol. The number of nitrogens with zero attached hydrogens (tertiary/aromatic N) is 2. The highest BCUT2D eigenvalue weighted by atomic mass is 16.5. The van der Waals surface area contributed by atoms with Gasteiger partial charge in [0.1, 0.15) is 12.3 Å². The molecule has 2 rings (SSSR count). The molecule has 3 heteroatoms. The molecule has 1 heterocycles. The highest BCUT2D eigenvalue weighted by Crippen LogP contribution is 2.22. The van der Waals surface area contributed by atoms with Gasteiger partial charge in [0, 0.05) is 17.1 Å². The Morgan fingerprint density at radius 2 is 2.19 bits per heavy atom. The van der Waals surface area contributed by atoms with Gasteiger partial charge in [-0.2, -0.15) is 5.26 Å². The number of fused-ring (bicyclic) bond motifs is 1. The normalized spacial score (nSPS) is 10.6. The number of ether oxygens (including phenoxy) is 1. The van der Waals surface area contributed by atoms with Gasteiger partial charge in [-0.25, -0.2) is 0 Å². The molecule has 2 aromatic rings. The van der Waals surface area contributed by atoms with Crippen LogP contribution in [0.15, 0.2) is 30.5 Å². The predicted octanol–water partition coefficient (Wildman–Crippen LogP) is 2.95. The third kappa shape index (κ3) is 2.01. The van der Waals surface area contributed by atoms with E-state index >= 15 is 0 Å². The zero-order valence-electron chi connectivity index (χ0n) is 9.47. The summed E-state index contributed by atoms with van der Waals surface area (Å²) in [7, 11) is 0. The molecule has 0 N–H and O–H groups in total. The van der Waals surface area contributed by atoms with Crippen LogP contribution in [0.3, 0.4) is 0 Å². The van der Waals surface area contributed by atoms with E-state index in [1.54, 1.807) is 0 Å². The third-order valence-electron chi connectivity index (χ3n) is 2.36. The molecule has 0 aliphatic rings. The summed E-state index contributed by atoms with van der Waals surface area (Å²) in [5.74, 6) is 0.872. The van der Waals surface area contributed by atoms with Gasteiger partial charge >= 0.3 is 0 Å². The first-order chi connectivity index (χ1) is 7.70. The molecule has 0 radical (unpaired) electrons. The van der Waals surface area contributed by atoms with Crippen LogP contribution in [0.5, 0.6) is 5.75 Å². The van der Waals surface area contributed by atoms with Crippen LogP contribution in [-0.2, 0) is 6.54 Å². The lowest BCUT2D eigenvalue weighted by atomic mass is 10.2. The number of rotatable bonds is 3. The zero-order valence-corrected chi connectivity index (χ0v) is 9.47. The monoisotopic (exact) mass is 214 g/mol. The van der Waals surface area contributed by atoms with Crippen LogP contribution >= 0.6 is 0 Å². The van der Waals surface area contributed by atoms with E-state index in [2.05, 4.69) is 6.07 Å². The Morgan fingerprint density at radius 3 is 2.88 bits per heavy atom. The van der Waals surface area contributed by atoms with E-state index in [0.29, 0.717) is 6.54 Å². The van der Waals surface area contributed by atoms with Crippen LogP contribution in [-0.4, -0.2) is 10.7 Å². The van der Waals surface area contributed by atoms with Gasteiger partial charge in [-0.3, -0.25) is 0 Å². The van der Waals surface area contributed by atoms with Crippen molar-refractivity contribution in [3.8, 4) is 11.8 Å². The standard InChI is InChI=1S/C13H14N2O/c1-10(2)16-12-3-4-13-11(9-12)5-7-15(13)8-6-14/h3-5,7,9-10H,8H2,1-2H3. The Bertz CT molecular complexity index is 534. The van der Waals surface area contributed by atoms with Gasteiger partial charge in [0.2, 0.25) is 0 Å². The van der Waals surface area contributed by atoms with Gasteiger partial charge in [-0.05, 0) is 38.1 Å². The van der Waals surface area contributed by atoms with Crippen molar-refractivity contribution < 1.29 is 4.74 Å². The Hall–Kier alpha value is -1.95. The fourth-order valence-electron chi connectivity index (χ4n) is 1.74. The van der Waals surface area contributed by atoms with Crippen LogP contribution in [0.4, 0.5) is 0 Å². The minimum atomic E-state index is 0.179. The molecule has 0 saturated carbocycles. The maximum absolute atomic E-state index is 8.68. The number of nitriles is 1. The molecular formula is C13H14N2O. The van der Waals surface area contributed by atoms with Crippen molar-refractivity contribution in [2.45, 2.75) is 26.5 Å². The quantitative estimate of drug-likeness (QED) is 0.787. The highest BCUT2D eigenvalue weighted by Gasteiger charge is 2.03. The summed E-state index contributed by atoms with van der Waals surface area (Å²) < 4.78 is 7.54. The second kappa shape index (κ2) is 4.28. The Kier molecular flexibility index (Phi) is 2.82. The van der Waals surface area contributed by atoms with Gasteiger partial charge in [-0.1, -0.05) is 0 Å². The lowest BCUT2D eigenvalue weighted by Gasteiger charge is -2.09. The van der Waals surface area contributed by atoms with Gasteiger partial charge in [-0.15, -0.1) is 0 Å². The minimum absolute atomic E-state index is 0.179. The Morgan fingerprint density at radius 1 is 1.38 bits per heavy atom. The van der Waals surface area contributed by atoms with Crippen molar-refractivity contribution in [1.29, 1.82) is 5.26 Å². The van der Waals surface area contributed by atoms with Gasteiger partial charge in [0.15, 0.2) is 0 Å². The second-order valence-corrected chi connectivity index (χ2v) is 3.99. The molecule has 0 saturated heterocycles. The molecule has 0 atom stereocenters. The summed E-state index contributed by atoms with van der Waals surface area (Å²) in [4.78, 5) is 0. The molecule has 1 aromatic carbocycles. The first kappa shape index (κ1) is 10.6. The summed E-state index contributed by atoms with van der Waals surface area (Å²) in [6, 6.07) is 10.1. The van der Waals surface area contributed by atoms with Crippen LogP contribution in [0, 0.1) is 11.3 Å². The molecule has 82 valence electrons. The maximum atomic E-state index is 8.68. The van der Waals surface area contributed by atoms with Gasteiger partial charge < -0.3 is 9.30 Å². The lowest BCUT2D eigenvalue weighted by Crippen LogP contribution is -2.05. The minimum Gasteiger partial charge on any atom is -0.491 e. The van der Waals surface area contributed by atoms with E-state index in [1.807, 2.05) is 48.9 Å². The summed E-state index contributed by atoms with van der Waals surface area (Å²) in [6.45, 7) is 4.39. The van der Waals surface area contributed by atoms with Crippen LogP contribution < -0.4 is 4.74 Å². The van der Waals surface area contributed by atoms with Crippen molar-refractivity contribution in [3.63, 3.8) is 0 Å². The first-order valence-electron chi connectivity index (χ1n) is 5.33. The van der Waals surface area contributed by atoms with Crippen LogP contribution in [0.2, 0.25) is 0 Å². The fourth-order valence-corrected chi connectivity index (χ4v) is 1.74. The number of hydrogen-bond acceptors (Lipinski definition) is 2. The van der Waals surface area contributed by atoms with Crippen LogP contribution in [0.1, 0.15) is 13.8 Å². The van der Waals surface area contributed by atoms with E-state index in [9.17, 15) is 0 Å². The number of aromatic nitrogens is 1. The van der Waals surface area contributed by atoms with Crippen LogP contribution in [0.25, 0.3) is 10.9 Å². The number of benzene rings is 1. The summed E-state index contributed by atoms with van der Waals surface area (Å²) in [6.07, 6.45) is 2.10. The average Bonchev–Trinajstić information content (AvgIpc) is 2.61. The van der Waals surface area contributed by atoms with Crippen molar-refractivity contribution >= 4 is 10.9 Å². The molecule has 0 spiro atoms. The Labute approximate surface area is 94.9 Å². The van der Waals surface area contributed by atoms with Gasteiger partial charge in [0.25, 0.3) is 0 Å². The SMILES string of the molecule is CC(C)Oc1ccc2c(ccn2CC#N)c1. The molecule has 16 heavy (non-hydrogen) atoms. The van der Waals surface area contributed by atoms with Crippen molar-refractivity contribution in [2.24, 2.45) is 0 Å². The maximum Gasteiger partial charge on any atom is 0.120 e. The molecule has 0 bridgehead atoms. The number of hydrogen-bond donors (Lipinski definition) is 0. The largest absolute Gasteiger partial charge is 0.491 e. The summed E-state index contributed by atoms with van der Waals surface area (Å²) in [5.41, 5.74) is 1.07. The Balaban J connectivity index is 2.38. The smallest absolute Gasteiger partial charge is 0.120 e. The molecule has 0 aliphatic carbocycles. The highest BCUT2D eigenvalue weighted by molar-refractivity contribution is 5.81. The summed E-state index contributed by atoms with van der Waals surface area (Å²) >= 11 is 0. The van der Waals surface area contributed by atoms with Crippen molar-refractivity contribution in [1.82, 2.24) is 4.57 Å². The molecule has 0 amide bonds. The zero-order chi connectivity index (χ0) is 11.5. The van der Waals surface area contributed by atoms with E-state index in [-0.39, 0.29) is 6.10 Å². The topological polar surface area (TPSA) is 38.0 Å². The van der Waals surface area contributed by atoms with E-state index in [0.717, 1.165) is 16.7 Å². The molecular weight excluding hydrogens is 200 g/mol. The molecule has 0 aliphatic heterocycles. The molecule has 1 aromatic heterocycles. The van der Waals surface area contributed by atoms with E-state index in [1.165, 1.54) is 0 Å². The van der Waals surface area contributed by atoms with Crippen molar-refractivity contribution in [2.75, 3.05) is 0 Å². The third-order valence-corrected chi connectivity index (χ3v) is 2.36. The lowest BCUT2D eigenvalue weighted by molar-refractivity contribution is 0.243. The molecule has 3 nitrogen and oxygen atoms in total. The van der Waals surface area contributed by atoms with E-state index < -0.39 is 0 Å². The molecule has 0 fully saturated rings. The second-order valence-electron chi connectivity index (χ2n) is 3.99. The van der Waals surface area contributed by atoms with Crippen molar-refractivity contribution in [3.05, 3.63) is 30.5 Å². The summed E-state index contributed by atoms with van der Waals surface area (Å²) in [5, 5.41) is 9.78. The first-order valence-corrected chi connectivity index (χ1v) is 5.33. The fraction of sp³-hybridized carbons (Fsp3) is 0.308. The van der Waals surface area contributed by atoms with Gasteiger partial charge in [0.05, 0.1) is 12.2 Å².